The van der Waals surface area contributed by atoms with Crippen LogP contribution in [-0.4, -0.2) is 53.4 Å². The third-order valence-electron chi connectivity index (χ3n) is 6.64. The van der Waals surface area contributed by atoms with Crippen LogP contribution in [0.25, 0.3) is 11.3 Å². The number of carbonyl (C=O) groups excluding carboxylic acids is 2. The molecule has 1 saturated carbocycles. The predicted octanol–water partition coefficient (Wildman–Crippen LogP) is 4.26. The van der Waals surface area contributed by atoms with Gasteiger partial charge < -0.3 is 10.1 Å². The van der Waals surface area contributed by atoms with Gasteiger partial charge in [-0.3, -0.25) is 19.5 Å². The van der Waals surface area contributed by atoms with E-state index in [-0.39, 0.29) is 35.2 Å². The molecule has 1 aliphatic heterocycles. The number of carbonyl (C=O) groups is 2. The Morgan fingerprint density at radius 3 is 2.46 bits per heavy atom. The summed E-state index contributed by atoms with van der Waals surface area (Å²) in [6.07, 6.45) is 3.01. The number of nitrogens with zero attached hydrogens (tertiary/aromatic N) is 2. The number of rotatable bonds is 7. The second-order valence-corrected chi connectivity index (χ2v) is 8.91. The van der Waals surface area contributed by atoms with E-state index in [1.54, 1.807) is 30.3 Å². The minimum Gasteiger partial charge on any atom is -0.379 e. The molecule has 35 heavy (non-hydrogen) atoms. The molecule has 1 aromatic heterocycles. The van der Waals surface area contributed by atoms with Crippen LogP contribution in [0.3, 0.4) is 0 Å². The number of aromatic nitrogens is 1. The Morgan fingerprint density at radius 1 is 1.00 bits per heavy atom. The molecule has 0 unspecified atom stereocenters. The van der Waals surface area contributed by atoms with E-state index in [2.05, 4.69) is 15.2 Å². The highest BCUT2D eigenvalue weighted by Gasteiger charge is 2.54. The number of hydrogen-bond donors (Lipinski definition) is 1. The summed E-state index contributed by atoms with van der Waals surface area (Å²) in [7, 11) is 0. The van der Waals surface area contributed by atoms with Gasteiger partial charge in [0.15, 0.2) is 5.78 Å². The zero-order valence-corrected chi connectivity index (χ0v) is 19.1. The molecule has 1 aliphatic carbocycles. The van der Waals surface area contributed by atoms with Crippen molar-refractivity contribution in [2.45, 2.75) is 24.8 Å². The number of ketones is 1. The van der Waals surface area contributed by atoms with Gasteiger partial charge >= 0.3 is 0 Å². The van der Waals surface area contributed by atoms with E-state index in [0.717, 1.165) is 12.8 Å². The number of Topliss-reactive ketones (excluding diaryl/α,β-unsaturated/α-hetero) is 1. The Morgan fingerprint density at radius 2 is 1.77 bits per heavy atom. The van der Waals surface area contributed by atoms with Gasteiger partial charge in [0.25, 0.3) is 0 Å². The summed E-state index contributed by atoms with van der Waals surface area (Å²) in [6, 6.07) is 13.7. The number of benzene rings is 2. The standard InChI is InChI=1S/C27H25F2N3O3/c28-21-4-2-1-3-20(21)23-8-5-18(17-30-23)15-25(33)19-6-7-22(29)24(16-19)31-26(34)27(9-10-27)32-11-13-35-14-12-32/h1-8,16-17H,9-15H2,(H,31,34). The molecule has 2 aliphatic rings. The molecule has 0 atom stereocenters. The zero-order valence-electron chi connectivity index (χ0n) is 19.1. The van der Waals surface area contributed by atoms with Crippen LogP contribution in [0.2, 0.25) is 0 Å². The van der Waals surface area contributed by atoms with Crippen molar-refractivity contribution < 1.29 is 23.1 Å². The Hall–Kier alpha value is -3.49. The summed E-state index contributed by atoms with van der Waals surface area (Å²) in [5.74, 6) is -1.46. The highest BCUT2D eigenvalue weighted by molar-refractivity contribution is 6.02. The number of hydrogen-bond acceptors (Lipinski definition) is 5. The molecule has 8 heteroatoms. The van der Waals surface area contributed by atoms with Crippen LogP contribution in [-0.2, 0) is 16.0 Å². The molecule has 3 aromatic rings. The van der Waals surface area contributed by atoms with E-state index >= 15 is 0 Å². The molecule has 2 heterocycles. The number of anilines is 1. The highest BCUT2D eigenvalue weighted by Crippen LogP contribution is 2.43. The lowest BCUT2D eigenvalue weighted by molar-refractivity contribution is -0.124. The lowest BCUT2D eigenvalue weighted by Crippen LogP contribution is -2.51. The van der Waals surface area contributed by atoms with Crippen molar-refractivity contribution in [3.8, 4) is 11.3 Å². The first-order chi connectivity index (χ1) is 17.0. The Kier molecular flexibility index (Phi) is 6.40. The molecule has 1 N–H and O–H groups in total. The first kappa shape index (κ1) is 23.3. The third kappa shape index (κ3) is 4.85. The minimum absolute atomic E-state index is 0.00610. The zero-order chi connectivity index (χ0) is 24.4. The summed E-state index contributed by atoms with van der Waals surface area (Å²) in [4.78, 5) is 32.3. The van der Waals surface area contributed by atoms with Crippen molar-refractivity contribution in [1.29, 1.82) is 0 Å². The van der Waals surface area contributed by atoms with Crippen molar-refractivity contribution in [2.24, 2.45) is 0 Å². The minimum atomic E-state index is -0.623. The van der Waals surface area contributed by atoms with Crippen molar-refractivity contribution in [3.63, 3.8) is 0 Å². The van der Waals surface area contributed by atoms with Crippen LogP contribution in [0.4, 0.5) is 14.5 Å². The average Bonchev–Trinajstić information content (AvgIpc) is 3.69. The topological polar surface area (TPSA) is 71.5 Å². The van der Waals surface area contributed by atoms with E-state index in [1.165, 1.54) is 30.5 Å². The fourth-order valence-electron chi connectivity index (χ4n) is 4.47. The monoisotopic (exact) mass is 477 g/mol. The molecule has 180 valence electrons. The number of morpholine rings is 1. The smallest absolute Gasteiger partial charge is 0.244 e. The quantitative estimate of drug-likeness (QED) is 0.515. The Bertz CT molecular complexity index is 1250. The lowest BCUT2D eigenvalue weighted by Gasteiger charge is -2.33. The van der Waals surface area contributed by atoms with Crippen molar-refractivity contribution >= 4 is 17.4 Å². The van der Waals surface area contributed by atoms with Crippen LogP contribution in [0.15, 0.2) is 60.8 Å². The number of halogens is 2. The largest absolute Gasteiger partial charge is 0.379 e. The molecule has 1 amide bonds. The SMILES string of the molecule is O=C(Cc1ccc(-c2ccccc2F)nc1)c1ccc(F)c(NC(=O)C2(N3CCOCC3)CC2)c1. The molecule has 6 nitrogen and oxygen atoms in total. The van der Waals surface area contributed by atoms with Gasteiger partial charge in [-0.2, -0.15) is 0 Å². The van der Waals surface area contributed by atoms with Gasteiger partial charge in [-0.1, -0.05) is 18.2 Å². The summed E-state index contributed by atoms with van der Waals surface area (Å²) in [5.41, 5.74) is 1.16. The predicted molar refractivity (Wildman–Crippen MR) is 127 cm³/mol. The molecule has 2 aromatic carbocycles. The summed E-state index contributed by atoms with van der Waals surface area (Å²) < 4.78 is 33.9. The summed E-state index contributed by atoms with van der Waals surface area (Å²) >= 11 is 0. The maximum Gasteiger partial charge on any atom is 0.244 e. The van der Waals surface area contributed by atoms with Gasteiger partial charge in [-0.05, 0) is 54.8 Å². The van der Waals surface area contributed by atoms with E-state index in [0.29, 0.717) is 43.1 Å². The number of nitrogens with one attached hydrogen (secondary N) is 1. The van der Waals surface area contributed by atoms with Gasteiger partial charge in [0.2, 0.25) is 5.91 Å². The van der Waals surface area contributed by atoms with Crippen LogP contribution < -0.4 is 5.32 Å². The van der Waals surface area contributed by atoms with Gasteiger partial charge in [0.05, 0.1) is 24.6 Å². The molecule has 0 radical (unpaired) electrons. The average molecular weight is 478 g/mol. The summed E-state index contributed by atoms with van der Waals surface area (Å²) in [5, 5.41) is 2.70. The lowest BCUT2D eigenvalue weighted by atomic mass is 10.0. The molecule has 1 saturated heterocycles. The molecule has 0 bridgehead atoms. The third-order valence-corrected chi connectivity index (χ3v) is 6.64. The van der Waals surface area contributed by atoms with Crippen LogP contribution in [0.1, 0.15) is 28.8 Å². The first-order valence-electron chi connectivity index (χ1n) is 11.6. The van der Waals surface area contributed by atoms with Crippen LogP contribution in [0, 0.1) is 11.6 Å². The van der Waals surface area contributed by atoms with E-state index in [1.807, 2.05) is 0 Å². The number of ether oxygens (including phenoxy) is 1. The maximum atomic E-state index is 14.5. The van der Waals surface area contributed by atoms with Gasteiger partial charge in [-0.15, -0.1) is 0 Å². The van der Waals surface area contributed by atoms with Crippen LogP contribution >= 0.6 is 0 Å². The van der Waals surface area contributed by atoms with E-state index in [4.69, 9.17) is 4.74 Å². The normalized spacial score (nSPS) is 17.1. The van der Waals surface area contributed by atoms with Gasteiger partial charge in [0.1, 0.15) is 17.2 Å². The van der Waals surface area contributed by atoms with Crippen molar-refractivity contribution in [2.75, 3.05) is 31.6 Å². The first-order valence-corrected chi connectivity index (χ1v) is 11.6. The molecular formula is C27H25F2N3O3. The van der Waals surface area contributed by atoms with Gasteiger partial charge in [0, 0.05) is 36.8 Å². The van der Waals surface area contributed by atoms with Gasteiger partial charge in [-0.25, -0.2) is 8.78 Å². The Balaban J connectivity index is 1.27. The number of amides is 1. The van der Waals surface area contributed by atoms with Crippen molar-refractivity contribution in [1.82, 2.24) is 9.88 Å². The maximum absolute atomic E-state index is 14.5. The molecular weight excluding hydrogens is 452 g/mol. The fourth-order valence-corrected chi connectivity index (χ4v) is 4.47. The summed E-state index contributed by atoms with van der Waals surface area (Å²) in [6.45, 7) is 2.48. The molecule has 2 fully saturated rings. The van der Waals surface area contributed by atoms with E-state index < -0.39 is 11.4 Å². The Labute approximate surface area is 201 Å². The highest BCUT2D eigenvalue weighted by atomic mass is 19.1. The fraction of sp³-hybridized carbons (Fsp3) is 0.296. The second kappa shape index (κ2) is 9.64. The second-order valence-electron chi connectivity index (χ2n) is 8.91. The van der Waals surface area contributed by atoms with Crippen LogP contribution in [0.5, 0.6) is 0 Å². The number of pyridine rings is 1. The molecule has 5 rings (SSSR count). The molecule has 0 spiro atoms. The van der Waals surface area contributed by atoms with Crippen molar-refractivity contribution in [3.05, 3.63) is 83.6 Å². The van der Waals surface area contributed by atoms with E-state index in [9.17, 15) is 18.4 Å².